The van der Waals surface area contributed by atoms with Gasteiger partial charge < -0.3 is 14.8 Å². The maximum absolute atomic E-state index is 6.52. The maximum Gasteiger partial charge on any atom is 0.209 e. The Morgan fingerprint density at radius 3 is 2.58 bits per heavy atom. The van der Waals surface area contributed by atoms with Crippen LogP contribution >= 0.6 is 35.8 Å². The summed E-state index contributed by atoms with van der Waals surface area (Å²) in [7, 11) is 1.83. The number of hydrogen-bond donors (Lipinski definition) is 1. The van der Waals surface area contributed by atoms with Crippen LogP contribution in [0, 0.1) is 6.92 Å². The minimum absolute atomic E-state index is 0. The molecule has 0 aliphatic heterocycles. The van der Waals surface area contributed by atoms with Crippen molar-refractivity contribution >= 4 is 35.8 Å². The third-order valence-corrected chi connectivity index (χ3v) is 5.59. The molecule has 0 bridgehead atoms. The molecule has 1 N–H and O–H groups in total. The van der Waals surface area contributed by atoms with Gasteiger partial charge in [-0.15, -0.1) is 17.5 Å². The van der Waals surface area contributed by atoms with Gasteiger partial charge in [-0.05, 0) is 47.5 Å². The van der Waals surface area contributed by atoms with Crippen molar-refractivity contribution in [3.8, 4) is 11.5 Å². The Kier molecular flexibility index (Phi) is 10.4. The number of tetrazole rings is 1. The lowest BCUT2D eigenvalue weighted by Gasteiger charge is -2.16. The first-order chi connectivity index (χ1) is 14.6. The largest absolute Gasteiger partial charge is 0.490 e. The average Bonchev–Trinajstić information content (AvgIpc) is 3.13. The minimum Gasteiger partial charge on any atom is -0.490 e. The van der Waals surface area contributed by atoms with E-state index in [0.717, 1.165) is 28.6 Å². The van der Waals surface area contributed by atoms with Crippen LogP contribution in [0.5, 0.6) is 11.5 Å². The zero-order valence-corrected chi connectivity index (χ0v) is 20.2. The second-order valence-corrected chi connectivity index (χ2v) is 8.19. The van der Waals surface area contributed by atoms with Crippen molar-refractivity contribution in [3.63, 3.8) is 0 Å². The number of thioether (sulfide) groups is 1. The zero-order chi connectivity index (χ0) is 21.3. The molecular formula is C21H27Cl2N5O2S. The van der Waals surface area contributed by atoms with E-state index in [-0.39, 0.29) is 12.4 Å². The summed E-state index contributed by atoms with van der Waals surface area (Å²) >= 11 is 8.13. The number of nitrogens with one attached hydrogen (secondary N) is 1. The monoisotopic (exact) mass is 483 g/mol. The summed E-state index contributed by atoms with van der Waals surface area (Å²) in [5.41, 5.74) is 3.34. The molecule has 7 nitrogen and oxygen atoms in total. The van der Waals surface area contributed by atoms with Gasteiger partial charge in [-0.1, -0.05) is 53.2 Å². The first-order valence-electron chi connectivity index (χ1n) is 9.76. The number of nitrogens with zero attached hydrogens (tertiary/aromatic N) is 4. The van der Waals surface area contributed by atoms with Gasteiger partial charge in [-0.3, -0.25) is 0 Å². The molecule has 0 aliphatic rings. The standard InChI is InChI=1S/C21H26ClN5O2S.ClH/c1-4-28-19-12-17(13-23-9-10-30-21-24-25-26-27(21)3)11-18(22)20(19)29-14-16-7-5-15(2)6-8-16;/h5-8,11-12,23H,4,9-10,13-14H2,1-3H3;1H. The molecule has 31 heavy (non-hydrogen) atoms. The molecule has 0 aliphatic carbocycles. The number of ether oxygens (including phenoxy) is 2. The van der Waals surface area contributed by atoms with E-state index in [4.69, 9.17) is 21.1 Å². The van der Waals surface area contributed by atoms with Crippen molar-refractivity contribution in [1.29, 1.82) is 0 Å². The lowest BCUT2D eigenvalue weighted by Crippen LogP contribution is -2.17. The molecule has 0 unspecified atom stereocenters. The smallest absolute Gasteiger partial charge is 0.209 e. The topological polar surface area (TPSA) is 74.1 Å². The molecule has 0 saturated carbocycles. The number of halogens is 2. The van der Waals surface area contributed by atoms with Crippen LogP contribution in [-0.2, 0) is 20.2 Å². The third kappa shape index (κ3) is 7.57. The van der Waals surface area contributed by atoms with E-state index in [9.17, 15) is 0 Å². The second-order valence-electron chi connectivity index (χ2n) is 6.72. The SMILES string of the molecule is CCOc1cc(CNCCSc2nnnn2C)cc(Cl)c1OCc1ccc(C)cc1.Cl. The fourth-order valence-corrected chi connectivity index (χ4v) is 3.79. The summed E-state index contributed by atoms with van der Waals surface area (Å²) < 4.78 is 13.4. The van der Waals surface area contributed by atoms with Crippen LogP contribution in [0.1, 0.15) is 23.6 Å². The van der Waals surface area contributed by atoms with E-state index >= 15 is 0 Å². The highest BCUT2D eigenvalue weighted by Gasteiger charge is 2.13. The highest BCUT2D eigenvalue weighted by atomic mass is 35.5. The van der Waals surface area contributed by atoms with Crippen molar-refractivity contribution < 1.29 is 9.47 Å². The van der Waals surface area contributed by atoms with Crippen molar-refractivity contribution in [2.75, 3.05) is 18.9 Å². The summed E-state index contributed by atoms with van der Waals surface area (Å²) in [4.78, 5) is 0. The fourth-order valence-electron chi connectivity index (χ4n) is 2.76. The molecule has 168 valence electrons. The molecule has 1 aromatic heterocycles. The normalized spacial score (nSPS) is 10.6. The van der Waals surface area contributed by atoms with Gasteiger partial charge in [0.25, 0.3) is 0 Å². The number of hydrogen-bond acceptors (Lipinski definition) is 7. The van der Waals surface area contributed by atoms with Crippen LogP contribution in [0.15, 0.2) is 41.6 Å². The number of benzene rings is 2. The second kappa shape index (κ2) is 12.8. The van der Waals surface area contributed by atoms with E-state index in [1.54, 1.807) is 16.4 Å². The van der Waals surface area contributed by atoms with E-state index in [2.05, 4.69) is 52.0 Å². The molecular weight excluding hydrogens is 457 g/mol. The van der Waals surface area contributed by atoms with E-state index in [0.29, 0.717) is 36.3 Å². The number of aromatic nitrogens is 4. The molecule has 0 atom stereocenters. The van der Waals surface area contributed by atoms with Crippen LogP contribution in [0.4, 0.5) is 0 Å². The maximum atomic E-state index is 6.52. The molecule has 0 amide bonds. The van der Waals surface area contributed by atoms with E-state index in [1.807, 2.05) is 26.1 Å². The van der Waals surface area contributed by atoms with Gasteiger partial charge in [0.05, 0.1) is 11.6 Å². The first kappa shape index (κ1) is 25.3. The summed E-state index contributed by atoms with van der Waals surface area (Å²) in [5, 5.41) is 16.2. The van der Waals surface area contributed by atoms with Crippen molar-refractivity contribution in [1.82, 2.24) is 25.5 Å². The highest BCUT2D eigenvalue weighted by Crippen LogP contribution is 2.37. The van der Waals surface area contributed by atoms with Crippen LogP contribution in [0.25, 0.3) is 0 Å². The number of aryl methyl sites for hydroxylation is 2. The van der Waals surface area contributed by atoms with E-state index in [1.165, 1.54) is 5.56 Å². The number of rotatable bonds is 11. The molecule has 3 aromatic rings. The van der Waals surface area contributed by atoms with E-state index < -0.39 is 0 Å². The highest BCUT2D eigenvalue weighted by molar-refractivity contribution is 7.99. The molecule has 1 heterocycles. The molecule has 3 rings (SSSR count). The van der Waals surface area contributed by atoms with Gasteiger partial charge in [0.2, 0.25) is 5.16 Å². The quantitative estimate of drug-likeness (QED) is 0.318. The van der Waals surface area contributed by atoms with Crippen LogP contribution < -0.4 is 14.8 Å². The summed E-state index contributed by atoms with van der Waals surface area (Å²) in [5.74, 6) is 2.10. The van der Waals surface area contributed by atoms with Crippen LogP contribution in [0.2, 0.25) is 5.02 Å². The lowest BCUT2D eigenvalue weighted by atomic mass is 10.1. The van der Waals surface area contributed by atoms with Crippen LogP contribution in [0.3, 0.4) is 0 Å². The van der Waals surface area contributed by atoms with Gasteiger partial charge in [0.15, 0.2) is 11.5 Å². The molecule has 0 radical (unpaired) electrons. The Morgan fingerprint density at radius 2 is 1.90 bits per heavy atom. The van der Waals surface area contributed by atoms with Crippen molar-refractivity contribution in [2.45, 2.75) is 32.2 Å². The first-order valence-corrected chi connectivity index (χ1v) is 11.1. The average molecular weight is 484 g/mol. The van der Waals surface area contributed by atoms with Gasteiger partial charge in [0, 0.05) is 25.9 Å². The summed E-state index contributed by atoms with van der Waals surface area (Å²) in [6.07, 6.45) is 0. The summed E-state index contributed by atoms with van der Waals surface area (Å²) in [6, 6.07) is 12.1. The molecule has 0 spiro atoms. The Labute approximate surface area is 198 Å². The zero-order valence-electron chi connectivity index (χ0n) is 17.8. The molecule has 0 saturated heterocycles. The molecule has 0 fully saturated rings. The Morgan fingerprint density at radius 1 is 1.13 bits per heavy atom. The third-order valence-electron chi connectivity index (χ3n) is 4.29. The predicted molar refractivity (Wildman–Crippen MR) is 127 cm³/mol. The van der Waals surface area contributed by atoms with Gasteiger partial charge >= 0.3 is 0 Å². The lowest BCUT2D eigenvalue weighted by molar-refractivity contribution is 0.269. The van der Waals surface area contributed by atoms with Gasteiger partial charge in [-0.25, -0.2) is 4.68 Å². The van der Waals surface area contributed by atoms with Crippen LogP contribution in [-0.4, -0.2) is 39.1 Å². The minimum atomic E-state index is 0. The Hall–Kier alpha value is -2.00. The summed E-state index contributed by atoms with van der Waals surface area (Å²) in [6.45, 7) is 6.47. The molecule has 2 aromatic carbocycles. The fraction of sp³-hybridized carbons (Fsp3) is 0.381. The van der Waals surface area contributed by atoms with Crippen molar-refractivity contribution in [2.24, 2.45) is 7.05 Å². The van der Waals surface area contributed by atoms with Gasteiger partial charge in [0.1, 0.15) is 6.61 Å². The van der Waals surface area contributed by atoms with Crippen molar-refractivity contribution in [3.05, 3.63) is 58.1 Å². The Balaban J connectivity index is 0.00000341. The molecule has 10 heteroatoms. The Bertz CT molecular complexity index is 953. The predicted octanol–water partition coefficient (Wildman–Crippen LogP) is 4.45. The van der Waals surface area contributed by atoms with Gasteiger partial charge in [-0.2, -0.15) is 0 Å².